The van der Waals surface area contributed by atoms with E-state index in [4.69, 9.17) is 9.47 Å². The fraction of sp³-hybridized carbons (Fsp3) is 0.789. The van der Waals surface area contributed by atoms with E-state index in [1.54, 1.807) is 26.8 Å². The molecule has 4 aliphatic rings. The number of esters is 2. The molecule has 2 fully saturated rings. The van der Waals surface area contributed by atoms with Crippen molar-refractivity contribution in [2.45, 2.75) is 142 Å². The van der Waals surface area contributed by atoms with E-state index in [1.165, 1.54) is 70.8 Å². The Morgan fingerprint density at radius 2 is 1.43 bits per heavy atom. The molecule has 9 nitrogen and oxygen atoms in total. The maximum atomic E-state index is 14.1. The first-order chi connectivity index (χ1) is 22.4. The number of Topliss-reactive ketones (excluding diaryl/α,β-unsaturated/α-hetero) is 2. The molecular weight excluding hydrogens is 600 g/mol. The summed E-state index contributed by atoms with van der Waals surface area (Å²) in [7, 11) is 0. The largest absolute Gasteiger partial charge is 0.458 e. The zero-order chi connectivity index (χ0) is 34.6. The van der Waals surface area contributed by atoms with Crippen molar-refractivity contribution in [2.75, 3.05) is 13.2 Å². The van der Waals surface area contributed by atoms with E-state index in [2.05, 4.69) is 6.92 Å². The molecule has 4 unspecified atom stereocenters. The Morgan fingerprint density at radius 3 is 1.94 bits per heavy atom. The first-order valence-corrected chi connectivity index (χ1v) is 18.2. The number of rotatable bonds is 18. The van der Waals surface area contributed by atoms with Crippen LogP contribution in [-0.2, 0) is 28.7 Å². The second-order valence-electron chi connectivity index (χ2n) is 15.0. The highest BCUT2D eigenvalue weighted by Gasteiger charge is 2.90. The third-order valence-corrected chi connectivity index (χ3v) is 12.0. The summed E-state index contributed by atoms with van der Waals surface area (Å²) in [6.07, 6.45) is 17.4. The van der Waals surface area contributed by atoms with Gasteiger partial charge in [-0.2, -0.15) is 0 Å². The molecule has 4 aliphatic carbocycles. The number of carbonyl (C=O) groups is 4. The van der Waals surface area contributed by atoms with Crippen molar-refractivity contribution in [3.63, 3.8) is 0 Å². The number of carbonyl (C=O) groups excluding carboxylic acids is 4. The topological polar surface area (TPSA) is 147 Å². The van der Waals surface area contributed by atoms with Crippen LogP contribution in [0.2, 0.25) is 0 Å². The van der Waals surface area contributed by atoms with Crippen LogP contribution in [0.5, 0.6) is 0 Å². The average molecular weight is 659 g/mol. The van der Waals surface area contributed by atoms with Gasteiger partial charge in [-0.05, 0) is 18.9 Å². The van der Waals surface area contributed by atoms with Crippen LogP contribution in [0.1, 0.15) is 125 Å². The second kappa shape index (κ2) is 15.5. The van der Waals surface area contributed by atoms with Gasteiger partial charge in [0.25, 0.3) is 0 Å². The van der Waals surface area contributed by atoms with Gasteiger partial charge in [-0.1, -0.05) is 110 Å². The van der Waals surface area contributed by atoms with Gasteiger partial charge in [-0.3, -0.25) is 19.2 Å². The molecule has 0 aromatic rings. The van der Waals surface area contributed by atoms with Gasteiger partial charge < -0.3 is 24.8 Å². The van der Waals surface area contributed by atoms with E-state index in [0.717, 1.165) is 19.3 Å². The molecule has 2 saturated carbocycles. The number of allylic oxidation sites excluding steroid dienone is 2. The Bertz CT molecular complexity index is 1240. The van der Waals surface area contributed by atoms with Crippen molar-refractivity contribution in [3.05, 3.63) is 23.3 Å². The lowest BCUT2D eigenvalue weighted by Crippen LogP contribution is -2.65. The fourth-order valence-electron chi connectivity index (χ4n) is 9.35. The van der Waals surface area contributed by atoms with Crippen LogP contribution >= 0.6 is 0 Å². The third-order valence-electron chi connectivity index (χ3n) is 12.0. The van der Waals surface area contributed by atoms with Crippen LogP contribution in [-0.4, -0.2) is 69.3 Å². The molecular formula is C38H58O9. The minimum atomic E-state index is -1.88. The van der Waals surface area contributed by atoms with Crippen molar-refractivity contribution in [1.29, 1.82) is 0 Å². The normalized spacial score (nSPS) is 35.7. The quantitative estimate of drug-likeness (QED) is 0.127. The maximum absolute atomic E-state index is 14.1. The number of fused-ring (bicyclic) bond motifs is 5. The summed E-state index contributed by atoms with van der Waals surface area (Å²) in [4.78, 5) is 53.3. The van der Waals surface area contributed by atoms with Crippen LogP contribution in [0.4, 0.5) is 0 Å². The third kappa shape index (κ3) is 6.78. The SMILES string of the molecule is CCCCCCCCCCCCCCCC(=O)O[C@@H]1[C@@H](C)[C@]2(O)C3C=C(C)C(=O)C3C=C(CO)C(=O)C2C2[C@](C)(CO)[C@@]21OC(C)=O. The molecule has 0 bridgehead atoms. The summed E-state index contributed by atoms with van der Waals surface area (Å²) < 4.78 is 12.1. The lowest BCUT2D eigenvalue weighted by molar-refractivity contribution is -0.223. The Kier molecular flexibility index (Phi) is 12.3. The van der Waals surface area contributed by atoms with Crippen molar-refractivity contribution in [3.8, 4) is 0 Å². The molecule has 0 aromatic carbocycles. The van der Waals surface area contributed by atoms with Gasteiger partial charge in [0.1, 0.15) is 6.10 Å². The lowest BCUT2D eigenvalue weighted by atomic mass is 9.59. The monoisotopic (exact) mass is 658 g/mol. The summed E-state index contributed by atoms with van der Waals surface area (Å²) in [5, 5.41) is 33.6. The highest BCUT2D eigenvalue weighted by Crippen LogP contribution is 2.76. The van der Waals surface area contributed by atoms with E-state index < -0.39 is 83.2 Å². The standard InChI is InChI=1S/C38H58O9/c1-6-7-8-9-10-11-12-13-14-15-16-17-18-19-30(42)46-35-25(3)37(45)29-20-24(2)32(43)28(29)21-27(22-39)33(44)31(37)34-36(5,23-40)38(34,35)47-26(4)41/h20-21,25,28-29,31,34-35,39-40,45H,6-19,22-23H2,1-5H3/t25-,28?,29?,31?,34?,35-,36+,37+,38-/m1/s1. The molecule has 0 spiro atoms. The predicted molar refractivity (Wildman–Crippen MR) is 177 cm³/mol. The van der Waals surface area contributed by atoms with Crippen molar-refractivity contribution in [2.24, 2.45) is 35.0 Å². The lowest BCUT2D eigenvalue weighted by Gasteiger charge is -2.51. The van der Waals surface area contributed by atoms with Crippen LogP contribution in [0.15, 0.2) is 23.3 Å². The Hall–Kier alpha value is -2.36. The number of ether oxygens (including phenoxy) is 2. The number of ketones is 2. The van der Waals surface area contributed by atoms with E-state index in [9.17, 15) is 34.5 Å². The minimum Gasteiger partial charge on any atom is -0.458 e. The van der Waals surface area contributed by atoms with Gasteiger partial charge in [0.05, 0.1) is 24.7 Å². The molecule has 0 aromatic heterocycles. The van der Waals surface area contributed by atoms with Gasteiger partial charge in [0.15, 0.2) is 17.2 Å². The van der Waals surface area contributed by atoms with E-state index in [0.29, 0.717) is 12.0 Å². The van der Waals surface area contributed by atoms with Gasteiger partial charge in [0, 0.05) is 48.0 Å². The van der Waals surface area contributed by atoms with Crippen LogP contribution < -0.4 is 0 Å². The maximum Gasteiger partial charge on any atom is 0.306 e. The zero-order valence-electron chi connectivity index (χ0n) is 29.2. The number of aliphatic hydroxyl groups is 3. The van der Waals surface area contributed by atoms with Gasteiger partial charge >= 0.3 is 11.9 Å². The fourth-order valence-corrected chi connectivity index (χ4v) is 9.35. The minimum absolute atomic E-state index is 0.00587. The summed E-state index contributed by atoms with van der Waals surface area (Å²) in [6.45, 7) is 7.33. The predicted octanol–water partition coefficient (Wildman–Crippen LogP) is 5.57. The molecule has 4 rings (SSSR count). The van der Waals surface area contributed by atoms with Gasteiger partial charge in [0.2, 0.25) is 0 Å². The molecule has 0 radical (unpaired) electrons. The van der Waals surface area contributed by atoms with E-state index >= 15 is 0 Å². The number of aliphatic hydroxyl groups excluding tert-OH is 2. The van der Waals surface area contributed by atoms with Crippen LogP contribution in [0, 0.1) is 35.0 Å². The molecule has 264 valence electrons. The first kappa shape index (κ1) is 37.5. The molecule has 0 amide bonds. The second-order valence-corrected chi connectivity index (χ2v) is 15.0. The Balaban J connectivity index is 1.46. The van der Waals surface area contributed by atoms with E-state index in [1.807, 2.05) is 0 Å². The summed E-state index contributed by atoms with van der Waals surface area (Å²) in [5.41, 5.74) is -4.22. The Labute approximate surface area is 280 Å². The smallest absolute Gasteiger partial charge is 0.306 e. The summed E-state index contributed by atoms with van der Waals surface area (Å²) in [6, 6.07) is 0. The zero-order valence-corrected chi connectivity index (χ0v) is 29.2. The molecule has 3 N–H and O–H groups in total. The first-order valence-electron chi connectivity index (χ1n) is 18.2. The molecule has 0 heterocycles. The number of unbranched alkanes of at least 4 members (excludes halogenated alkanes) is 12. The highest BCUT2D eigenvalue weighted by atomic mass is 16.6. The van der Waals surface area contributed by atoms with E-state index in [-0.39, 0.29) is 17.8 Å². The summed E-state index contributed by atoms with van der Waals surface area (Å²) >= 11 is 0. The number of hydrogen-bond acceptors (Lipinski definition) is 9. The molecule has 0 aliphatic heterocycles. The average Bonchev–Trinajstić information content (AvgIpc) is 3.45. The van der Waals surface area contributed by atoms with Crippen molar-refractivity contribution < 1.29 is 44.0 Å². The van der Waals surface area contributed by atoms with Gasteiger partial charge in [-0.15, -0.1) is 0 Å². The van der Waals surface area contributed by atoms with Crippen molar-refractivity contribution in [1.82, 2.24) is 0 Å². The molecule has 9 heteroatoms. The number of hydrogen-bond donors (Lipinski definition) is 3. The molecule has 9 atom stereocenters. The highest BCUT2D eigenvalue weighted by molar-refractivity contribution is 6.05. The molecule has 0 saturated heterocycles. The van der Waals surface area contributed by atoms with Gasteiger partial charge in [-0.25, -0.2) is 0 Å². The van der Waals surface area contributed by atoms with Crippen LogP contribution in [0.3, 0.4) is 0 Å². The summed E-state index contributed by atoms with van der Waals surface area (Å²) in [5.74, 6) is -6.74. The van der Waals surface area contributed by atoms with Crippen molar-refractivity contribution >= 4 is 23.5 Å². The Morgan fingerprint density at radius 1 is 0.872 bits per heavy atom. The van der Waals surface area contributed by atoms with Crippen LogP contribution in [0.25, 0.3) is 0 Å². The molecule has 47 heavy (non-hydrogen) atoms.